The number of anilines is 6. The predicted molar refractivity (Wildman–Crippen MR) is 234 cm³/mol. The summed E-state index contributed by atoms with van der Waals surface area (Å²) in [6.07, 6.45) is 0. The van der Waals surface area contributed by atoms with E-state index < -0.39 is 0 Å². The van der Waals surface area contributed by atoms with Crippen molar-refractivity contribution in [1.82, 2.24) is 15.0 Å². The average Bonchev–Trinajstić information content (AvgIpc) is 3.27. The van der Waals surface area contributed by atoms with Crippen LogP contribution >= 0.6 is 0 Å². The Morgan fingerprint density at radius 2 is 0.655 bits per heavy atom. The highest BCUT2D eigenvalue weighted by Crippen LogP contribution is 2.53. The number of benzene rings is 7. The molecule has 1 aromatic heterocycles. The molecule has 7 aromatic carbocycles. The Bertz CT molecular complexity index is 2640. The maximum absolute atomic E-state index is 9.49. The van der Waals surface area contributed by atoms with Gasteiger partial charge in [-0.3, -0.25) is 0 Å². The van der Waals surface area contributed by atoms with Gasteiger partial charge in [0.25, 0.3) is 0 Å². The molecule has 0 saturated carbocycles. The van der Waals surface area contributed by atoms with E-state index in [2.05, 4.69) is 189 Å². The molecule has 3 heterocycles. The molecule has 2 aliphatic heterocycles. The normalized spacial score (nSPS) is 14.4. The molecule has 0 radical (unpaired) electrons. The van der Waals surface area contributed by atoms with Gasteiger partial charge in [0, 0.05) is 38.9 Å². The van der Waals surface area contributed by atoms with Gasteiger partial charge in [0.15, 0.2) is 17.5 Å². The number of rotatable bonds is 5. The zero-order valence-electron chi connectivity index (χ0n) is 32.8. The minimum Gasteiger partial charge on any atom is -0.310 e. The second-order valence-corrected chi connectivity index (χ2v) is 16.1. The summed E-state index contributed by atoms with van der Waals surface area (Å²) in [5, 5.41) is 9.49. The van der Waals surface area contributed by atoms with Gasteiger partial charge in [0.1, 0.15) is 0 Å². The standard InChI is InChI=1S/C52H40N6/c1-51(2)40-13-5-9-17-44(40)57(45-18-10-6-14-41(45)51)38-29-25-36(26-30-38)49-54-48(35-23-21-34(33-53)22-24-35)55-50(56-49)37-27-31-39(32-28-37)58-46-19-11-7-15-42(46)52(3,4)43-16-8-12-20-47(43)58/h5-32H,1-4H3. The van der Waals surface area contributed by atoms with Crippen molar-refractivity contribution in [2.75, 3.05) is 9.80 Å². The monoisotopic (exact) mass is 748 g/mol. The van der Waals surface area contributed by atoms with E-state index in [0.717, 1.165) is 28.1 Å². The van der Waals surface area contributed by atoms with Gasteiger partial charge in [-0.05, 0) is 119 Å². The van der Waals surface area contributed by atoms with Crippen LogP contribution in [0.2, 0.25) is 0 Å². The van der Waals surface area contributed by atoms with Crippen LogP contribution in [0.4, 0.5) is 34.1 Å². The molecule has 0 unspecified atom stereocenters. The lowest BCUT2D eigenvalue weighted by molar-refractivity contribution is 0.632. The number of hydrogen-bond donors (Lipinski definition) is 0. The lowest BCUT2D eigenvalue weighted by atomic mass is 9.73. The number of nitrogens with zero attached hydrogens (tertiary/aromatic N) is 6. The van der Waals surface area contributed by atoms with E-state index in [1.165, 1.54) is 45.0 Å². The van der Waals surface area contributed by atoms with Crippen LogP contribution in [0, 0.1) is 11.3 Å². The topological polar surface area (TPSA) is 68.9 Å². The Morgan fingerprint density at radius 1 is 0.379 bits per heavy atom. The van der Waals surface area contributed by atoms with E-state index >= 15 is 0 Å². The third-order valence-electron chi connectivity index (χ3n) is 11.9. The van der Waals surface area contributed by atoms with Crippen molar-refractivity contribution < 1.29 is 0 Å². The number of para-hydroxylation sites is 4. The summed E-state index contributed by atoms with van der Waals surface area (Å²) >= 11 is 0. The van der Waals surface area contributed by atoms with Crippen LogP contribution in [0.3, 0.4) is 0 Å². The Labute approximate surface area is 339 Å². The zero-order valence-corrected chi connectivity index (χ0v) is 32.8. The van der Waals surface area contributed by atoms with Crippen LogP contribution in [-0.4, -0.2) is 15.0 Å². The molecule has 0 bridgehead atoms. The van der Waals surface area contributed by atoms with Crippen molar-refractivity contribution in [3.05, 3.63) is 198 Å². The highest BCUT2D eigenvalue weighted by atomic mass is 15.2. The molecule has 0 amide bonds. The van der Waals surface area contributed by atoms with E-state index in [9.17, 15) is 5.26 Å². The summed E-state index contributed by atoms with van der Waals surface area (Å²) < 4.78 is 0. The third kappa shape index (κ3) is 5.58. The number of hydrogen-bond acceptors (Lipinski definition) is 6. The minimum absolute atomic E-state index is 0.134. The van der Waals surface area contributed by atoms with E-state index in [1.54, 1.807) is 12.1 Å². The van der Waals surface area contributed by atoms with Gasteiger partial charge in [-0.1, -0.05) is 100 Å². The van der Waals surface area contributed by atoms with Crippen LogP contribution < -0.4 is 9.80 Å². The largest absolute Gasteiger partial charge is 0.310 e. The molecule has 6 nitrogen and oxygen atoms in total. The summed E-state index contributed by atoms with van der Waals surface area (Å²) in [6, 6.07) is 61.3. The molecule has 0 spiro atoms. The van der Waals surface area contributed by atoms with Gasteiger partial charge in [-0.2, -0.15) is 5.26 Å². The molecule has 0 aliphatic carbocycles. The van der Waals surface area contributed by atoms with Crippen LogP contribution in [0.15, 0.2) is 170 Å². The fourth-order valence-electron chi connectivity index (χ4n) is 8.87. The summed E-state index contributed by atoms with van der Waals surface area (Å²) in [5.74, 6) is 1.68. The second-order valence-electron chi connectivity index (χ2n) is 16.1. The molecule has 0 atom stereocenters. The molecule has 2 aliphatic rings. The van der Waals surface area contributed by atoms with Gasteiger partial charge >= 0.3 is 0 Å². The van der Waals surface area contributed by atoms with Gasteiger partial charge < -0.3 is 9.80 Å². The zero-order chi connectivity index (χ0) is 39.6. The predicted octanol–water partition coefficient (Wildman–Crippen LogP) is 13.0. The molecule has 0 N–H and O–H groups in total. The number of aromatic nitrogens is 3. The molecule has 10 rings (SSSR count). The van der Waals surface area contributed by atoms with Gasteiger partial charge in [-0.15, -0.1) is 0 Å². The lowest BCUT2D eigenvalue weighted by Gasteiger charge is -2.42. The molecule has 278 valence electrons. The average molecular weight is 749 g/mol. The first kappa shape index (κ1) is 35.1. The number of nitriles is 1. The number of fused-ring (bicyclic) bond motifs is 4. The Balaban J connectivity index is 1.05. The van der Waals surface area contributed by atoms with E-state index in [0.29, 0.717) is 23.0 Å². The smallest absolute Gasteiger partial charge is 0.164 e. The molecule has 8 aromatic rings. The highest BCUT2D eigenvalue weighted by Gasteiger charge is 2.37. The second kappa shape index (κ2) is 13.4. The fourth-order valence-corrected chi connectivity index (χ4v) is 8.87. The first-order chi connectivity index (χ1) is 28.2. The van der Waals surface area contributed by atoms with Crippen molar-refractivity contribution in [2.45, 2.75) is 38.5 Å². The van der Waals surface area contributed by atoms with Crippen molar-refractivity contribution in [3.8, 4) is 40.2 Å². The Morgan fingerprint density at radius 3 is 0.948 bits per heavy atom. The highest BCUT2D eigenvalue weighted by molar-refractivity contribution is 5.88. The quantitative estimate of drug-likeness (QED) is 0.175. The summed E-state index contributed by atoms with van der Waals surface area (Å²) in [7, 11) is 0. The van der Waals surface area contributed by atoms with E-state index in [1.807, 2.05) is 12.1 Å². The molecule has 0 saturated heterocycles. The van der Waals surface area contributed by atoms with Crippen LogP contribution in [0.1, 0.15) is 55.5 Å². The van der Waals surface area contributed by atoms with E-state index in [4.69, 9.17) is 15.0 Å². The fraction of sp³-hybridized carbons (Fsp3) is 0.115. The van der Waals surface area contributed by atoms with Crippen molar-refractivity contribution in [1.29, 1.82) is 5.26 Å². The Hall–Kier alpha value is -7.36. The van der Waals surface area contributed by atoms with Crippen LogP contribution in [-0.2, 0) is 10.8 Å². The summed E-state index contributed by atoms with van der Waals surface area (Å²) in [5.41, 5.74) is 14.8. The summed E-state index contributed by atoms with van der Waals surface area (Å²) in [4.78, 5) is 19.8. The van der Waals surface area contributed by atoms with Gasteiger partial charge in [0.05, 0.1) is 34.4 Å². The lowest BCUT2D eigenvalue weighted by Crippen LogP contribution is -2.30. The van der Waals surface area contributed by atoms with E-state index in [-0.39, 0.29) is 10.8 Å². The van der Waals surface area contributed by atoms with Gasteiger partial charge in [0.2, 0.25) is 0 Å². The molecular weight excluding hydrogens is 709 g/mol. The Kier molecular flexibility index (Phi) is 8.10. The SMILES string of the molecule is CC1(C)c2ccccc2N(c2ccc(-c3nc(-c4ccc(C#N)cc4)nc(-c4ccc(N5c6ccccc6C(C)(C)c6ccccc65)cc4)n3)cc2)c2ccccc21. The maximum Gasteiger partial charge on any atom is 0.164 e. The molecular formula is C52H40N6. The minimum atomic E-state index is -0.134. The first-order valence-corrected chi connectivity index (χ1v) is 19.7. The maximum atomic E-state index is 9.49. The first-order valence-electron chi connectivity index (χ1n) is 19.7. The molecule has 0 fully saturated rings. The third-order valence-corrected chi connectivity index (χ3v) is 11.9. The van der Waals surface area contributed by atoms with Crippen molar-refractivity contribution in [3.63, 3.8) is 0 Å². The van der Waals surface area contributed by atoms with Crippen molar-refractivity contribution >= 4 is 34.1 Å². The van der Waals surface area contributed by atoms with Crippen molar-refractivity contribution in [2.24, 2.45) is 0 Å². The molecule has 6 heteroatoms. The summed E-state index contributed by atoms with van der Waals surface area (Å²) in [6.45, 7) is 9.20. The van der Waals surface area contributed by atoms with Crippen LogP contribution in [0.25, 0.3) is 34.2 Å². The van der Waals surface area contributed by atoms with Crippen LogP contribution in [0.5, 0.6) is 0 Å². The van der Waals surface area contributed by atoms with Gasteiger partial charge in [-0.25, -0.2) is 15.0 Å². The molecule has 58 heavy (non-hydrogen) atoms.